The topological polar surface area (TPSA) is 30.7 Å². The van der Waals surface area contributed by atoms with Gasteiger partial charge in [-0.3, -0.25) is 4.98 Å². The lowest BCUT2D eigenvalue weighted by Gasteiger charge is -2.19. The zero-order valence-corrected chi connectivity index (χ0v) is 14.6. The summed E-state index contributed by atoms with van der Waals surface area (Å²) in [5.74, 6) is -3.73. The standard InChI is InChI=1S/C17H14F5N3S/c1-3-26-13-5-4-8-23-14(13)15-24-11-9-10(6-7-12(11)25(15)2)16(18,19)17(20,21)22/h4-9H,3H2,1-2H3. The highest BCUT2D eigenvalue weighted by Crippen LogP contribution is 2.44. The van der Waals surface area contributed by atoms with Gasteiger partial charge in [0.05, 0.1) is 11.0 Å². The molecule has 0 aliphatic carbocycles. The number of thioether (sulfide) groups is 1. The predicted octanol–water partition coefficient (Wildman–Crippen LogP) is 5.40. The van der Waals surface area contributed by atoms with Gasteiger partial charge in [-0.05, 0) is 30.0 Å². The molecule has 138 valence electrons. The molecule has 0 atom stereocenters. The van der Waals surface area contributed by atoms with Gasteiger partial charge in [0.2, 0.25) is 0 Å². The monoisotopic (exact) mass is 387 g/mol. The quantitative estimate of drug-likeness (QED) is 0.444. The molecule has 3 nitrogen and oxygen atoms in total. The SMILES string of the molecule is CCSc1cccnc1-c1nc2cc(C(F)(F)C(F)(F)F)ccc2n1C. The fourth-order valence-electron chi connectivity index (χ4n) is 2.60. The summed E-state index contributed by atoms with van der Waals surface area (Å²) in [4.78, 5) is 9.43. The van der Waals surface area contributed by atoms with E-state index in [1.54, 1.807) is 35.6 Å². The lowest BCUT2D eigenvalue weighted by molar-refractivity contribution is -0.289. The van der Waals surface area contributed by atoms with Gasteiger partial charge >= 0.3 is 12.1 Å². The molecule has 2 heterocycles. The molecule has 26 heavy (non-hydrogen) atoms. The maximum Gasteiger partial charge on any atom is 0.458 e. The Kier molecular flexibility index (Phi) is 4.68. The van der Waals surface area contributed by atoms with E-state index in [-0.39, 0.29) is 5.52 Å². The summed E-state index contributed by atoms with van der Waals surface area (Å²) >= 11 is 1.54. The van der Waals surface area contributed by atoms with Crippen LogP contribution in [0.15, 0.2) is 41.4 Å². The van der Waals surface area contributed by atoms with Crippen molar-refractivity contribution in [3.8, 4) is 11.5 Å². The molecule has 9 heteroatoms. The van der Waals surface area contributed by atoms with Crippen LogP contribution >= 0.6 is 11.8 Å². The molecule has 0 saturated heterocycles. The number of imidazole rings is 1. The Labute approximate surface area is 150 Å². The third-order valence-electron chi connectivity index (χ3n) is 3.88. The number of aryl methyl sites for hydroxylation is 1. The summed E-state index contributed by atoms with van der Waals surface area (Å²) in [6.45, 7) is 1.97. The van der Waals surface area contributed by atoms with Crippen molar-refractivity contribution in [2.75, 3.05) is 5.75 Å². The van der Waals surface area contributed by atoms with E-state index in [4.69, 9.17) is 0 Å². The molecule has 1 aromatic carbocycles. The summed E-state index contributed by atoms with van der Waals surface area (Å²) in [7, 11) is 1.67. The van der Waals surface area contributed by atoms with Gasteiger partial charge in [0.25, 0.3) is 0 Å². The zero-order valence-electron chi connectivity index (χ0n) is 13.8. The van der Waals surface area contributed by atoms with Crippen LogP contribution in [0.2, 0.25) is 0 Å². The molecule has 0 aliphatic rings. The van der Waals surface area contributed by atoms with Crippen LogP contribution in [0.4, 0.5) is 22.0 Å². The van der Waals surface area contributed by atoms with Gasteiger partial charge in [-0.1, -0.05) is 13.0 Å². The van der Waals surface area contributed by atoms with Crippen LogP contribution in [-0.4, -0.2) is 26.5 Å². The number of benzene rings is 1. The molecular formula is C17H14F5N3S. The molecule has 0 aliphatic heterocycles. The Bertz CT molecular complexity index is 949. The molecule has 3 aromatic rings. The van der Waals surface area contributed by atoms with Crippen molar-refractivity contribution in [2.45, 2.75) is 23.9 Å². The first-order valence-electron chi connectivity index (χ1n) is 7.66. The fourth-order valence-corrected chi connectivity index (χ4v) is 3.37. The first-order chi connectivity index (χ1) is 12.2. The molecular weight excluding hydrogens is 373 g/mol. The van der Waals surface area contributed by atoms with Crippen LogP contribution in [0.25, 0.3) is 22.6 Å². The van der Waals surface area contributed by atoms with Crippen molar-refractivity contribution in [2.24, 2.45) is 7.05 Å². The number of pyridine rings is 1. The Balaban J connectivity index is 2.16. The van der Waals surface area contributed by atoms with Crippen LogP contribution in [0.5, 0.6) is 0 Å². The third-order valence-corrected chi connectivity index (χ3v) is 4.81. The summed E-state index contributed by atoms with van der Waals surface area (Å²) in [5.41, 5.74) is -0.0737. The highest BCUT2D eigenvalue weighted by Gasteiger charge is 2.58. The molecule has 0 fully saturated rings. The van der Waals surface area contributed by atoms with E-state index in [0.717, 1.165) is 22.8 Å². The second kappa shape index (κ2) is 6.53. The van der Waals surface area contributed by atoms with E-state index in [2.05, 4.69) is 9.97 Å². The van der Waals surface area contributed by atoms with Crippen molar-refractivity contribution >= 4 is 22.8 Å². The summed E-state index contributed by atoms with van der Waals surface area (Å²) < 4.78 is 66.7. The second-order valence-electron chi connectivity index (χ2n) is 5.55. The number of nitrogens with zero attached hydrogens (tertiary/aromatic N) is 3. The van der Waals surface area contributed by atoms with E-state index in [1.165, 1.54) is 6.07 Å². The number of hydrogen-bond acceptors (Lipinski definition) is 3. The minimum Gasteiger partial charge on any atom is -0.326 e. The fraction of sp³-hybridized carbons (Fsp3) is 0.294. The summed E-state index contributed by atoms with van der Waals surface area (Å²) in [6, 6.07) is 6.41. The Morgan fingerprint density at radius 1 is 1.12 bits per heavy atom. The van der Waals surface area contributed by atoms with Crippen molar-refractivity contribution in [3.63, 3.8) is 0 Å². The normalized spacial score (nSPS) is 12.7. The number of hydrogen-bond donors (Lipinski definition) is 0. The number of rotatable bonds is 4. The first-order valence-corrected chi connectivity index (χ1v) is 8.65. The number of alkyl halides is 5. The Hall–Kier alpha value is -2.16. The zero-order chi connectivity index (χ0) is 19.1. The molecule has 0 unspecified atom stereocenters. The van der Waals surface area contributed by atoms with Crippen molar-refractivity contribution < 1.29 is 22.0 Å². The van der Waals surface area contributed by atoms with Crippen molar-refractivity contribution in [1.29, 1.82) is 0 Å². The van der Waals surface area contributed by atoms with Crippen LogP contribution in [0.3, 0.4) is 0 Å². The van der Waals surface area contributed by atoms with Crippen LogP contribution in [-0.2, 0) is 13.0 Å². The molecule has 0 radical (unpaired) electrons. The van der Waals surface area contributed by atoms with Gasteiger partial charge < -0.3 is 4.57 Å². The number of aromatic nitrogens is 3. The van der Waals surface area contributed by atoms with Gasteiger partial charge in [0.15, 0.2) is 5.82 Å². The molecule has 0 spiro atoms. The average Bonchev–Trinajstić information content (AvgIpc) is 2.91. The van der Waals surface area contributed by atoms with Gasteiger partial charge in [0, 0.05) is 23.7 Å². The lowest BCUT2D eigenvalue weighted by atomic mass is 10.1. The summed E-state index contributed by atoms with van der Waals surface area (Å²) in [5, 5.41) is 0. The minimum atomic E-state index is -5.66. The van der Waals surface area contributed by atoms with Crippen molar-refractivity contribution in [1.82, 2.24) is 14.5 Å². The van der Waals surface area contributed by atoms with Gasteiger partial charge in [-0.25, -0.2) is 4.98 Å². The predicted molar refractivity (Wildman–Crippen MR) is 90.3 cm³/mol. The third kappa shape index (κ3) is 3.04. The number of halogens is 5. The van der Waals surface area contributed by atoms with Gasteiger partial charge in [-0.15, -0.1) is 11.8 Å². The Morgan fingerprint density at radius 3 is 2.50 bits per heavy atom. The van der Waals surface area contributed by atoms with Crippen LogP contribution in [0, 0.1) is 0 Å². The number of fused-ring (bicyclic) bond motifs is 1. The van der Waals surface area contributed by atoms with E-state index in [1.807, 2.05) is 13.0 Å². The molecule has 0 saturated carbocycles. The van der Waals surface area contributed by atoms with E-state index in [0.29, 0.717) is 17.0 Å². The smallest absolute Gasteiger partial charge is 0.326 e. The molecule has 0 amide bonds. The lowest BCUT2D eigenvalue weighted by Crippen LogP contribution is -2.33. The highest BCUT2D eigenvalue weighted by atomic mass is 32.2. The Morgan fingerprint density at radius 2 is 1.85 bits per heavy atom. The van der Waals surface area contributed by atoms with Crippen LogP contribution < -0.4 is 0 Å². The van der Waals surface area contributed by atoms with Gasteiger partial charge in [0.1, 0.15) is 5.69 Å². The van der Waals surface area contributed by atoms with Crippen molar-refractivity contribution in [3.05, 3.63) is 42.1 Å². The maximum atomic E-state index is 13.6. The maximum absolute atomic E-state index is 13.6. The molecule has 2 aromatic heterocycles. The van der Waals surface area contributed by atoms with E-state index < -0.39 is 17.7 Å². The second-order valence-corrected chi connectivity index (χ2v) is 6.86. The van der Waals surface area contributed by atoms with Gasteiger partial charge in [-0.2, -0.15) is 22.0 Å². The largest absolute Gasteiger partial charge is 0.458 e. The highest BCUT2D eigenvalue weighted by molar-refractivity contribution is 7.99. The molecule has 3 rings (SSSR count). The molecule has 0 bridgehead atoms. The minimum absolute atomic E-state index is 0.0574. The molecule has 0 N–H and O–H groups in total. The van der Waals surface area contributed by atoms with E-state index in [9.17, 15) is 22.0 Å². The van der Waals surface area contributed by atoms with E-state index >= 15 is 0 Å². The first kappa shape index (κ1) is 18.6. The van der Waals surface area contributed by atoms with Crippen LogP contribution in [0.1, 0.15) is 12.5 Å². The average molecular weight is 387 g/mol. The summed E-state index contributed by atoms with van der Waals surface area (Å²) in [6.07, 6.45) is -4.08.